The van der Waals surface area contributed by atoms with E-state index in [1.165, 1.54) is 22.2 Å². The summed E-state index contributed by atoms with van der Waals surface area (Å²) in [7, 11) is 0. The Morgan fingerprint density at radius 2 is 2.27 bits per heavy atom. The molecule has 6 nitrogen and oxygen atoms in total. The Kier molecular flexibility index (Phi) is 3.81. The van der Waals surface area contributed by atoms with Gasteiger partial charge in [0.15, 0.2) is 0 Å². The highest BCUT2D eigenvalue weighted by Gasteiger charge is 2.15. The third-order valence-corrected chi connectivity index (χ3v) is 4.15. The number of hydrogen-bond acceptors (Lipinski definition) is 6. The summed E-state index contributed by atoms with van der Waals surface area (Å²) in [6, 6.07) is 3.44. The molecule has 0 aliphatic heterocycles. The molecular weight excluding hydrogens is 304 g/mol. The summed E-state index contributed by atoms with van der Waals surface area (Å²) in [6.07, 6.45) is 1.47. The van der Waals surface area contributed by atoms with Crippen LogP contribution < -0.4 is 5.56 Å². The maximum atomic E-state index is 12.2. The highest BCUT2D eigenvalue weighted by atomic mass is 32.1. The summed E-state index contributed by atoms with van der Waals surface area (Å²) in [4.78, 5) is 28.3. The Morgan fingerprint density at radius 3 is 3.00 bits per heavy atom. The molecule has 0 N–H and O–H groups in total. The molecule has 7 heteroatoms. The molecule has 3 rings (SSSR count). The number of thiophene rings is 1. The highest BCUT2D eigenvalue weighted by molar-refractivity contribution is 7.17. The topological polar surface area (TPSA) is 74.3 Å². The fourth-order valence-corrected chi connectivity index (χ4v) is 2.98. The summed E-state index contributed by atoms with van der Waals surface area (Å²) < 4.78 is 12.5. The maximum absolute atomic E-state index is 12.2. The molecule has 3 aromatic heterocycles. The second-order valence-electron chi connectivity index (χ2n) is 4.84. The molecule has 3 heterocycles. The highest BCUT2D eigenvalue weighted by Crippen LogP contribution is 2.15. The molecule has 0 bridgehead atoms. The minimum absolute atomic E-state index is 0.0982. The number of carbonyl (C=O) groups is 1. The normalized spacial score (nSPS) is 11.0. The molecule has 0 atom stereocenters. The predicted molar refractivity (Wildman–Crippen MR) is 82.3 cm³/mol. The standard InChI is InChI=1S/C15H14N2O4S/c1-9-7-11(10(2)21-9)15(19)20-5-4-17-8-16-12-3-6-22-13(12)14(17)18/h3,6-8H,4-5H2,1-2H3. The van der Waals surface area contributed by atoms with E-state index in [2.05, 4.69) is 4.98 Å². The minimum Gasteiger partial charge on any atom is -0.466 e. The number of esters is 1. The third-order valence-electron chi connectivity index (χ3n) is 3.26. The molecule has 0 saturated heterocycles. The van der Waals surface area contributed by atoms with Crippen molar-refractivity contribution < 1.29 is 13.9 Å². The van der Waals surface area contributed by atoms with Crippen molar-refractivity contribution in [2.24, 2.45) is 0 Å². The molecule has 0 fully saturated rings. The fraction of sp³-hybridized carbons (Fsp3) is 0.267. The number of fused-ring (bicyclic) bond motifs is 1. The number of rotatable bonds is 4. The van der Waals surface area contributed by atoms with E-state index < -0.39 is 5.97 Å². The van der Waals surface area contributed by atoms with Crippen LogP contribution in [0.1, 0.15) is 21.9 Å². The van der Waals surface area contributed by atoms with Crippen LogP contribution >= 0.6 is 11.3 Å². The van der Waals surface area contributed by atoms with Crippen LogP contribution in [-0.2, 0) is 11.3 Å². The summed E-state index contributed by atoms with van der Waals surface area (Å²) >= 11 is 1.35. The lowest BCUT2D eigenvalue weighted by atomic mass is 10.2. The van der Waals surface area contributed by atoms with Gasteiger partial charge in [-0.1, -0.05) is 0 Å². The van der Waals surface area contributed by atoms with E-state index in [0.717, 1.165) is 0 Å². The molecule has 3 aromatic rings. The van der Waals surface area contributed by atoms with E-state index in [0.29, 0.717) is 27.3 Å². The molecule has 0 aliphatic carbocycles. The Balaban J connectivity index is 1.67. The van der Waals surface area contributed by atoms with E-state index in [-0.39, 0.29) is 18.7 Å². The maximum Gasteiger partial charge on any atom is 0.341 e. The Hall–Kier alpha value is -2.41. The lowest BCUT2D eigenvalue weighted by molar-refractivity contribution is 0.0488. The third kappa shape index (κ3) is 2.67. The summed E-state index contributed by atoms with van der Waals surface area (Å²) in [5.41, 5.74) is 0.982. The molecule has 0 saturated carbocycles. The first-order chi connectivity index (χ1) is 10.6. The van der Waals surface area contributed by atoms with Gasteiger partial charge >= 0.3 is 5.97 Å². The Labute approximate surface area is 130 Å². The van der Waals surface area contributed by atoms with Crippen molar-refractivity contribution in [2.75, 3.05) is 6.61 Å². The molecule has 114 valence electrons. The van der Waals surface area contributed by atoms with Gasteiger partial charge in [0.2, 0.25) is 0 Å². The van der Waals surface area contributed by atoms with E-state index in [1.807, 2.05) is 5.38 Å². The zero-order valence-electron chi connectivity index (χ0n) is 12.2. The van der Waals surface area contributed by atoms with Crippen LogP contribution in [0.3, 0.4) is 0 Å². The molecule has 0 unspecified atom stereocenters. The first-order valence-electron chi connectivity index (χ1n) is 6.73. The van der Waals surface area contributed by atoms with Gasteiger partial charge in [0, 0.05) is 0 Å². The number of furan rings is 1. The second-order valence-corrected chi connectivity index (χ2v) is 5.76. The molecule has 0 spiro atoms. The number of carbonyl (C=O) groups excluding carboxylic acids is 1. The number of aromatic nitrogens is 2. The largest absolute Gasteiger partial charge is 0.466 e. The van der Waals surface area contributed by atoms with Gasteiger partial charge < -0.3 is 9.15 Å². The van der Waals surface area contributed by atoms with Crippen molar-refractivity contribution in [3.8, 4) is 0 Å². The first-order valence-corrected chi connectivity index (χ1v) is 7.61. The number of ether oxygens (including phenoxy) is 1. The van der Waals surface area contributed by atoms with Gasteiger partial charge in [-0.05, 0) is 31.4 Å². The van der Waals surface area contributed by atoms with Crippen LogP contribution in [0.15, 0.2) is 33.1 Å². The van der Waals surface area contributed by atoms with Crippen molar-refractivity contribution >= 4 is 27.5 Å². The van der Waals surface area contributed by atoms with Crippen molar-refractivity contribution in [1.29, 1.82) is 0 Å². The quantitative estimate of drug-likeness (QED) is 0.691. The molecule has 0 aromatic carbocycles. The molecule has 22 heavy (non-hydrogen) atoms. The van der Waals surface area contributed by atoms with Crippen molar-refractivity contribution in [1.82, 2.24) is 9.55 Å². The second kappa shape index (κ2) is 5.76. The SMILES string of the molecule is Cc1cc(C(=O)OCCn2cnc3ccsc3c2=O)c(C)o1. The van der Waals surface area contributed by atoms with Crippen LogP contribution in [0, 0.1) is 13.8 Å². The van der Waals surface area contributed by atoms with Gasteiger partial charge in [0.1, 0.15) is 28.4 Å². The number of nitrogens with zero attached hydrogens (tertiary/aromatic N) is 2. The molecule has 0 radical (unpaired) electrons. The molecule has 0 amide bonds. The summed E-state index contributed by atoms with van der Waals surface area (Å²) in [6.45, 7) is 3.84. The monoisotopic (exact) mass is 318 g/mol. The zero-order valence-corrected chi connectivity index (χ0v) is 13.0. The van der Waals surface area contributed by atoms with Gasteiger partial charge in [-0.15, -0.1) is 11.3 Å². The Bertz CT molecular complexity index is 890. The van der Waals surface area contributed by atoms with Crippen LogP contribution in [0.25, 0.3) is 10.2 Å². The average molecular weight is 318 g/mol. The van der Waals surface area contributed by atoms with Crippen LogP contribution in [0.2, 0.25) is 0 Å². The Morgan fingerprint density at radius 1 is 1.45 bits per heavy atom. The molecule has 0 aliphatic rings. The van der Waals surface area contributed by atoms with E-state index in [4.69, 9.17) is 9.15 Å². The van der Waals surface area contributed by atoms with Gasteiger partial charge in [-0.25, -0.2) is 9.78 Å². The predicted octanol–water partition coefficient (Wildman–Crippen LogP) is 2.52. The van der Waals surface area contributed by atoms with E-state index in [9.17, 15) is 9.59 Å². The van der Waals surface area contributed by atoms with Crippen molar-refractivity contribution in [2.45, 2.75) is 20.4 Å². The van der Waals surface area contributed by atoms with Crippen LogP contribution in [0.5, 0.6) is 0 Å². The van der Waals surface area contributed by atoms with Crippen molar-refractivity contribution in [3.63, 3.8) is 0 Å². The van der Waals surface area contributed by atoms with Gasteiger partial charge in [0.05, 0.1) is 18.4 Å². The smallest absolute Gasteiger partial charge is 0.341 e. The van der Waals surface area contributed by atoms with Crippen LogP contribution in [0.4, 0.5) is 0 Å². The fourth-order valence-electron chi connectivity index (χ4n) is 2.19. The summed E-state index contributed by atoms with van der Waals surface area (Å²) in [5.74, 6) is 0.738. The average Bonchev–Trinajstić information content (AvgIpc) is 3.08. The number of hydrogen-bond donors (Lipinski definition) is 0. The first kappa shape index (κ1) is 14.5. The summed E-state index contributed by atoms with van der Waals surface area (Å²) in [5, 5.41) is 1.83. The van der Waals surface area contributed by atoms with Crippen molar-refractivity contribution in [3.05, 3.63) is 51.3 Å². The van der Waals surface area contributed by atoms with E-state index >= 15 is 0 Å². The number of aryl methyl sites for hydroxylation is 2. The lowest BCUT2D eigenvalue weighted by Gasteiger charge is -2.06. The van der Waals surface area contributed by atoms with E-state index in [1.54, 1.807) is 26.0 Å². The van der Waals surface area contributed by atoms with Crippen LogP contribution in [-0.4, -0.2) is 22.1 Å². The lowest BCUT2D eigenvalue weighted by Crippen LogP contribution is -2.23. The zero-order chi connectivity index (χ0) is 15.7. The van der Waals surface area contributed by atoms with Gasteiger partial charge in [-0.3, -0.25) is 9.36 Å². The van der Waals surface area contributed by atoms with Gasteiger partial charge in [0.25, 0.3) is 5.56 Å². The minimum atomic E-state index is -0.451. The van der Waals surface area contributed by atoms with Gasteiger partial charge in [-0.2, -0.15) is 0 Å². The molecular formula is C15H14N2O4S.